The molecule has 3 aromatic rings. The Kier molecular flexibility index (Phi) is 7.99. The molecule has 1 atom stereocenters. The minimum Gasteiger partial charge on any atom is -0.497 e. The van der Waals surface area contributed by atoms with Crippen LogP contribution >= 0.6 is 11.8 Å². The lowest BCUT2D eigenvalue weighted by Crippen LogP contribution is -2.45. The van der Waals surface area contributed by atoms with E-state index in [-0.39, 0.29) is 18.2 Å². The highest BCUT2D eigenvalue weighted by atomic mass is 32.2. The molecule has 3 aromatic carbocycles. The number of aryl methyl sites for hydroxylation is 1. The van der Waals surface area contributed by atoms with Crippen molar-refractivity contribution in [1.29, 1.82) is 0 Å². The van der Waals surface area contributed by atoms with E-state index >= 15 is 0 Å². The number of amides is 2. The van der Waals surface area contributed by atoms with Gasteiger partial charge >= 0.3 is 0 Å². The van der Waals surface area contributed by atoms with E-state index in [4.69, 9.17) is 9.73 Å². The first-order chi connectivity index (χ1) is 16.6. The molecule has 174 valence electrons. The van der Waals surface area contributed by atoms with Crippen molar-refractivity contribution in [3.05, 3.63) is 90.5 Å². The molecule has 1 fully saturated rings. The van der Waals surface area contributed by atoms with Gasteiger partial charge in [0.2, 0.25) is 11.8 Å². The number of ether oxygens (including phenoxy) is 1. The van der Waals surface area contributed by atoms with Crippen molar-refractivity contribution in [2.45, 2.75) is 24.5 Å². The van der Waals surface area contributed by atoms with E-state index in [0.717, 1.165) is 18.6 Å². The van der Waals surface area contributed by atoms with Gasteiger partial charge in [0.05, 0.1) is 12.8 Å². The fraction of sp³-hybridized carbons (Fsp3) is 0.222. The molecule has 1 heterocycles. The predicted octanol–water partition coefficient (Wildman–Crippen LogP) is 5.29. The molecule has 0 spiro atoms. The van der Waals surface area contributed by atoms with E-state index in [2.05, 4.69) is 17.4 Å². The fourth-order valence-electron chi connectivity index (χ4n) is 3.66. The summed E-state index contributed by atoms with van der Waals surface area (Å²) in [6.45, 7) is 0.544. The molecule has 0 aromatic heterocycles. The molecule has 0 bridgehead atoms. The number of hydrogen-bond donors (Lipinski definition) is 1. The van der Waals surface area contributed by atoms with E-state index in [1.165, 1.54) is 17.3 Å². The summed E-state index contributed by atoms with van der Waals surface area (Å²) in [6, 6.07) is 26.8. The Bertz CT molecular complexity index is 1130. The maximum absolute atomic E-state index is 13.1. The number of amidine groups is 1. The normalized spacial score (nSPS) is 17.0. The van der Waals surface area contributed by atoms with E-state index in [9.17, 15) is 9.59 Å². The quantitative estimate of drug-likeness (QED) is 0.483. The fourth-order valence-corrected chi connectivity index (χ4v) is 4.78. The monoisotopic (exact) mass is 473 g/mol. The van der Waals surface area contributed by atoms with Crippen LogP contribution in [-0.2, 0) is 16.0 Å². The molecular formula is C27H27N3O3S. The second-order valence-electron chi connectivity index (χ2n) is 7.89. The summed E-state index contributed by atoms with van der Waals surface area (Å²) in [5.74, 6) is 0.444. The third-order valence-electron chi connectivity index (χ3n) is 5.46. The first kappa shape index (κ1) is 23.6. The van der Waals surface area contributed by atoms with Crippen LogP contribution in [0.4, 0.5) is 11.4 Å². The predicted molar refractivity (Wildman–Crippen MR) is 138 cm³/mol. The smallest absolute Gasteiger partial charge is 0.238 e. The van der Waals surface area contributed by atoms with Crippen LogP contribution in [0, 0.1) is 0 Å². The minimum atomic E-state index is -0.546. The Balaban J connectivity index is 1.51. The van der Waals surface area contributed by atoms with E-state index in [0.29, 0.717) is 23.1 Å². The van der Waals surface area contributed by atoms with Crippen LogP contribution < -0.4 is 10.1 Å². The lowest BCUT2D eigenvalue weighted by atomic mass is 10.1. The molecule has 0 radical (unpaired) electrons. The van der Waals surface area contributed by atoms with Gasteiger partial charge in [-0.3, -0.25) is 14.5 Å². The van der Waals surface area contributed by atoms with Gasteiger partial charge < -0.3 is 10.1 Å². The lowest BCUT2D eigenvalue weighted by molar-refractivity contribution is -0.129. The number of anilines is 1. The minimum absolute atomic E-state index is 0.0905. The number of carbonyl (C=O) groups is 2. The number of thioether (sulfide) groups is 1. The van der Waals surface area contributed by atoms with Gasteiger partial charge in [-0.15, -0.1) is 0 Å². The molecule has 1 aliphatic heterocycles. The Morgan fingerprint density at radius 3 is 2.38 bits per heavy atom. The van der Waals surface area contributed by atoms with Crippen LogP contribution in [0.1, 0.15) is 18.4 Å². The van der Waals surface area contributed by atoms with E-state index in [1.54, 1.807) is 12.0 Å². The molecule has 0 saturated carbocycles. The van der Waals surface area contributed by atoms with Crippen molar-refractivity contribution in [2.24, 2.45) is 4.99 Å². The third kappa shape index (κ3) is 6.26. The van der Waals surface area contributed by atoms with Gasteiger partial charge in [-0.05, 0) is 54.8 Å². The number of benzene rings is 3. The molecule has 4 rings (SSSR count). The molecule has 1 unspecified atom stereocenters. The molecule has 0 aliphatic carbocycles. The van der Waals surface area contributed by atoms with Crippen LogP contribution in [0.15, 0.2) is 89.9 Å². The Labute approximate surface area is 204 Å². The lowest BCUT2D eigenvalue weighted by Gasteiger charge is -2.32. The first-order valence-corrected chi connectivity index (χ1v) is 12.1. The van der Waals surface area contributed by atoms with Crippen molar-refractivity contribution in [1.82, 2.24) is 4.90 Å². The van der Waals surface area contributed by atoms with Crippen molar-refractivity contribution in [3.63, 3.8) is 0 Å². The van der Waals surface area contributed by atoms with Gasteiger partial charge in [0.1, 0.15) is 11.0 Å². The molecule has 2 amide bonds. The number of para-hydroxylation sites is 1. The van der Waals surface area contributed by atoms with Crippen LogP contribution in [0.25, 0.3) is 0 Å². The maximum atomic E-state index is 13.1. The molecule has 1 aliphatic rings. The van der Waals surface area contributed by atoms with E-state index < -0.39 is 5.25 Å². The van der Waals surface area contributed by atoms with Gasteiger partial charge in [0, 0.05) is 18.7 Å². The van der Waals surface area contributed by atoms with Crippen molar-refractivity contribution >= 4 is 40.1 Å². The van der Waals surface area contributed by atoms with Crippen LogP contribution in [0.5, 0.6) is 5.75 Å². The third-order valence-corrected chi connectivity index (χ3v) is 6.65. The van der Waals surface area contributed by atoms with Gasteiger partial charge in [-0.2, -0.15) is 0 Å². The average Bonchev–Trinajstić information content (AvgIpc) is 2.87. The molecular weight excluding hydrogens is 446 g/mol. The number of rotatable bonds is 8. The SMILES string of the molecule is COc1ccc(N=C2SC(C(=O)Nc3ccccc3)CC(=O)N2CCCc2ccccc2)cc1. The molecule has 34 heavy (non-hydrogen) atoms. The standard InChI is InChI=1S/C27H27N3O3S/c1-33-23-16-14-22(15-17-23)29-27-30(18-8-11-20-9-4-2-5-10-20)25(31)19-24(34-27)26(32)28-21-12-6-3-7-13-21/h2-7,9-10,12-17,24H,8,11,18-19H2,1H3,(H,28,32). The van der Waals surface area contributed by atoms with Crippen LogP contribution in [-0.4, -0.2) is 40.8 Å². The Hall–Kier alpha value is -3.58. The van der Waals surface area contributed by atoms with Gasteiger partial charge in [-0.25, -0.2) is 4.99 Å². The summed E-state index contributed by atoms with van der Waals surface area (Å²) in [4.78, 5) is 32.5. The second-order valence-corrected chi connectivity index (χ2v) is 9.06. The van der Waals surface area contributed by atoms with Crippen LogP contribution in [0.3, 0.4) is 0 Å². The van der Waals surface area contributed by atoms with Gasteiger partial charge in [0.25, 0.3) is 0 Å². The zero-order chi connectivity index (χ0) is 23.8. The van der Waals surface area contributed by atoms with Crippen molar-refractivity contribution in [3.8, 4) is 5.75 Å². The Morgan fingerprint density at radius 2 is 1.71 bits per heavy atom. The summed E-state index contributed by atoms with van der Waals surface area (Å²) in [7, 11) is 1.61. The Morgan fingerprint density at radius 1 is 1.03 bits per heavy atom. The average molecular weight is 474 g/mol. The van der Waals surface area contributed by atoms with Gasteiger partial charge in [0.15, 0.2) is 5.17 Å². The van der Waals surface area contributed by atoms with Gasteiger partial charge in [-0.1, -0.05) is 60.3 Å². The number of nitrogens with zero attached hydrogens (tertiary/aromatic N) is 2. The largest absolute Gasteiger partial charge is 0.497 e. The van der Waals surface area contributed by atoms with Crippen molar-refractivity contribution < 1.29 is 14.3 Å². The molecule has 7 heteroatoms. The number of carbonyl (C=O) groups excluding carboxylic acids is 2. The highest BCUT2D eigenvalue weighted by Crippen LogP contribution is 2.30. The summed E-state index contributed by atoms with van der Waals surface area (Å²) < 4.78 is 5.23. The maximum Gasteiger partial charge on any atom is 0.238 e. The molecule has 1 saturated heterocycles. The van der Waals surface area contributed by atoms with Crippen molar-refractivity contribution in [2.75, 3.05) is 19.0 Å². The number of aliphatic imine (C=N–C) groups is 1. The second kappa shape index (κ2) is 11.5. The highest BCUT2D eigenvalue weighted by molar-refractivity contribution is 8.15. The van der Waals surface area contributed by atoms with Crippen LogP contribution in [0.2, 0.25) is 0 Å². The summed E-state index contributed by atoms with van der Waals surface area (Å²) in [5, 5.41) is 2.91. The topological polar surface area (TPSA) is 71.0 Å². The summed E-state index contributed by atoms with van der Waals surface area (Å²) >= 11 is 1.33. The zero-order valence-corrected chi connectivity index (χ0v) is 19.8. The number of nitrogens with one attached hydrogen (secondary N) is 1. The number of hydrogen-bond acceptors (Lipinski definition) is 5. The summed E-state index contributed by atoms with van der Waals surface area (Å²) in [5.41, 5.74) is 2.64. The summed E-state index contributed by atoms with van der Waals surface area (Å²) in [6.07, 6.45) is 1.80. The zero-order valence-electron chi connectivity index (χ0n) is 19.0. The number of methoxy groups -OCH3 is 1. The molecule has 6 nitrogen and oxygen atoms in total. The highest BCUT2D eigenvalue weighted by Gasteiger charge is 2.35. The molecule has 1 N–H and O–H groups in total. The first-order valence-electron chi connectivity index (χ1n) is 11.2. The van der Waals surface area contributed by atoms with E-state index in [1.807, 2.05) is 72.8 Å².